The molecule has 25 heavy (non-hydrogen) atoms. The Kier molecular flexibility index (Phi) is 4.90. The number of aryl methyl sites for hydroxylation is 2. The van der Waals surface area contributed by atoms with Crippen LogP contribution in [-0.4, -0.2) is 21.6 Å². The molecule has 0 saturated heterocycles. The van der Waals surface area contributed by atoms with Crippen molar-refractivity contribution in [2.24, 2.45) is 5.73 Å². The first-order valence-corrected chi connectivity index (χ1v) is 8.46. The highest BCUT2D eigenvalue weighted by molar-refractivity contribution is 6.34. The fourth-order valence-electron chi connectivity index (χ4n) is 3.00. The lowest BCUT2D eigenvalue weighted by Gasteiger charge is -2.21. The normalized spacial score (nSPS) is 13.2. The molecule has 2 aromatic rings. The van der Waals surface area contributed by atoms with Crippen LogP contribution in [0.2, 0.25) is 5.02 Å². The Morgan fingerprint density at radius 2 is 2.16 bits per heavy atom. The van der Waals surface area contributed by atoms with Gasteiger partial charge in [-0.05, 0) is 49.6 Å². The second-order valence-corrected chi connectivity index (χ2v) is 6.37. The molecule has 2 N–H and O–H groups in total. The summed E-state index contributed by atoms with van der Waals surface area (Å²) >= 11 is 6.12. The average Bonchev–Trinajstić information content (AvgIpc) is 3.01. The third-order valence-electron chi connectivity index (χ3n) is 4.26. The molecule has 130 valence electrons. The molecule has 0 unspecified atom stereocenters. The number of fused-ring (bicyclic) bond motifs is 1. The lowest BCUT2D eigenvalue weighted by atomic mass is 10.1. The van der Waals surface area contributed by atoms with Crippen molar-refractivity contribution in [2.75, 3.05) is 4.90 Å². The zero-order valence-electron chi connectivity index (χ0n) is 13.7. The maximum Gasteiger partial charge on any atom is 0.250 e. The van der Waals surface area contributed by atoms with Gasteiger partial charge in [0.25, 0.3) is 5.91 Å². The lowest BCUT2D eigenvalue weighted by Crippen LogP contribution is -2.29. The van der Waals surface area contributed by atoms with Crippen LogP contribution < -0.4 is 10.6 Å². The Morgan fingerprint density at radius 3 is 2.80 bits per heavy atom. The third kappa shape index (κ3) is 3.58. The van der Waals surface area contributed by atoms with E-state index < -0.39 is 5.91 Å². The average molecular weight is 359 g/mol. The number of anilines is 1. The highest BCUT2D eigenvalue weighted by Crippen LogP contribution is 2.26. The number of aromatic nitrogens is 2. The van der Waals surface area contributed by atoms with Gasteiger partial charge in [0, 0.05) is 17.9 Å². The summed E-state index contributed by atoms with van der Waals surface area (Å²) in [4.78, 5) is 25.2. The summed E-state index contributed by atoms with van der Waals surface area (Å²) in [5, 5.41) is 4.79. The number of benzene rings is 1. The van der Waals surface area contributed by atoms with Gasteiger partial charge in [0.2, 0.25) is 5.91 Å². The summed E-state index contributed by atoms with van der Waals surface area (Å²) in [6, 6.07) is 6.74. The highest BCUT2D eigenvalue weighted by atomic mass is 35.5. The molecule has 3 rings (SSSR count). The van der Waals surface area contributed by atoms with Crippen molar-refractivity contribution >= 4 is 29.1 Å². The molecule has 0 radical (unpaired) electrons. The van der Waals surface area contributed by atoms with Crippen LogP contribution in [0.25, 0.3) is 0 Å². The first-order valence-electron chi connectivity index (χ1n) is 8.08. The molecule has 0 saturated carbocycles. The number of hydrogen-bond acceptors (Lipinski definition) is 3. The Bertz CT molecular complexity index is 820. The topological polar surface area (TPSA) is 81.2 Å². The van der Waals surface area contributed by atoms with E-state index >= 15 is 0 Å². The molecular weight excluding hydrogens is 340 g/mol. The fraction of sp³-hybridized carbons (Fsp3) is 0.278. The number of carbonyl (C=O) groups excluding carboxylic acids is 2. The number of carbonyl (C=O) groups is 2. The van der Waals surface area contributed by atoms with Crippen LogP contribution in [-0.2, 0) is 24.3 Å². The third-order valence-corrected chi connectivity index (χ3v) is 4.57. The van der Waals surface area contributed by atoms with Crippen LogP contribution in [0.5, 0.6) is 0 Å². The maximum absolute atomic E-state index is 12.3. The first-order chi connectivity index (χ1) is 12.0. The van der Waals surface area contributed by atoms with Crippen molar-refractivity contribution in [3.05, 3.63) is 58.9 Å². The summed E-state index contributed by atoms with van der Waals surface area (Å²) in [5.41, 5.74) is 8.05. The maximum atomic E-state index is 12.3. The van der Waals surface area contributed by atoms with Gasteiger partial charge in [0.05, 0.1) is 22.8 Å². The summed E-state index contributed by atoms with van der Waals surface area (Å²) < 4.78 is 2.00. The standard InChI is InChI=1S/C18H19ClN4O2/c1-2-17(24)22(13-6-7-15(18(20)25)16(19)10-13)11-12-9-14-5-3-4-8-23(14)21-12/h2,6-7,9-10H,1,3-5,8,11H2,(H2,20,25). The van der Waals surface area contributed by atoms with Crippen LogP contribution in [0.4, 0.5) is 5.69 Å². The van der Waals surface area contributed by atoms with Gasteiger partial charge < -0.3 is 10.6 Å². The number of primary amides is 1. The molecule has 1 aromatic heterocycles. The van der Waals surface area contributed by atoms with E-state index in [1.807, 2.05) is 10.7 Å². The van der Waals surface area contributed by atoms with Gasteiger partial charge in [-0.3, -0.25) is 14.3 Å². The summed E-state index contributed by atoms with van der Waals surface area (Å²) in [7, 11) is 0. The number of nitrogens with zero attached hydrogens (tertiary/aromatic N) is 3. The van der Waals surface area contributed by atoms with Gasteiger partial charge >= 0.3 is 0 Å². The van der Waals surface area contributed by atoms with Crippen molar-refractivity contribution in [3.8, 4) is 0 Å². The Balaban J connectivity index is 1.91. The van der Waals surface area contributed by atoms with E-state index in [9.17, 15) is 9.59 Å². The van der Waals surface area contributed by atoms with E-state index in [2.05, 4.69) is 11.7 Å². The van der Waals surface area contributed by atoms with Crippen LogP contribution in [0.1, 0.15) is 34.6 Å². The van der Waals surface area contributed by atoms with E-state index in [0.717, 1.165) is 31.5 Å². The van der Waals surface area contributed by atoms with Crippen LogP contribution in [0.15, 0.2) is 36.9 Å². The van der Waals surface area contributed by atoms with Gasteiger partial charge in [-0.15, -0.1) is 0 Å². The minimum absolute atomic E-state index is 0.205. The molecular formula is C18H19ClN4O2. The van der Waals surface area contributed by atoms with E-state index in [-0.39, 0.29) is 16.5 Å². The van der Waals surface area contributed by atoms with Crippen LogP contribution >= 0.6 is 11.6 Å². The molecule has 1 aliphatic rings. The summed E-state index contributed by atoms with van der Waals surface area (Å²) in [5.74, 6) is -0.881. The van der Waals surface area contributed by atoms with Gasteiger partial charge in [0.15, 0.2) is 0 Å². The van der Waals surface area contributed by atoms with Gasteiger partial charge in [-0.2, -0.15) is 5.10 Å². The fourth-order valence-corrected chi connectivity index (χ4v) is 3.26. The Morgan fingerprint density at radius 1 is 1.36 bits per heavy atom. The zero-order valence-corrected chi connectivity index (χ0v) is 14.5. The predicted molar refractivity (Wildman–Crippen MR) is 96.5 cm³/mol. The Hall–Kier alpha value is -2.60. The van der Waals surface area contributed by atoms with Gasteiger partial charge in [-0.1, -0.05) is 18.2 Å². The monoisotopic (exact) mass is 358 g/mol. The van der Waals surface area contributed by atoms with Crippen molar-refractivity contribution < 1.29 is 9.59 Å². The van der Waals surface area contributed by atoms with Crippen molar-refractivity contribution in [2.45, 2.75) is 32.4 Å². The molecule has 1 aliphatic heterocycles. The van der Waals surface area contributed by atoms with Gasteiger partial charge in [-0.25, -0.2) is 0 Å². The quantitative estimate of drug-likeness (QED) is 0.834. The van der Waals surface area contributed by atoms with E-state index in [1.165, 1.54) is 22.7 Å². The van der Waals surface area contributed by atoms with Crippen molar-refractivity contribution in [3.63, 3.8) is 0 Å². The molecule has 0 bridgehead atoms. The minimum Gasteiger partial charge on any atom is -0.366 e. The highest BCUT2D eigenvalue weighted by Gasteiger charge is 2.19. The molecule has 6 nitrogen and oxygen atoms in total. The largest absolute Gasteiger partial charge is 0.366 e. The number of nitrogens with two attached hydrogens (primary N) is 1. The molecule has 2 heterocycles. The number of amides is 2. The molecule has 2 amide bonds. The minimum atomic E-state index is -0.611. The number of halogens is 1. The molecule has 7 heteroatoms. The first kappa shape index (κ1) is 17.2. The van der Waals surface area contributed by atoms with Crippen molar-refractivity contribution in [1.29, 1.82) is 0 Å². The van der Waals surface area contributed by atoms with Crippen LogP contribution in [0.3, 0.4) is 0 Å². The van der Waals surface area contributed by atoms with E-state index in [0.29, 0.717) is 12.2 Å². The van der Waals surface area contributed by atoms with Gasteiger partial charge in [0.1, 0.15) is 0 Å². The molecule has 1 aromatic carbocycles. The van der Waals surface area contributed by atoms with E-state index in [1.54, 1.807) is 12.1 Å². The molecule has 0 aliphatic carbocycles. The summed E-state index contributed by atoms with van der Waals surface area (Å²) in [6.07, 6.45) is 4.52. The SMILES string of the molecule is C=CC(=O)N(Cc1cc2n(n1)CCCC2)c1ccc(C(N)=O)c(Cl)c1. The smallest absolute Gasteiger partial charge is 0.250 e. The second kappa shape index (κ2) is 7.11. The number of rotatable bonds is 5. The van der Waals surface area contributed by atoms with Crippen LogP contribution in [0, 0.1) is 0 Å². The number of hydrogen-bond donors (Lipinski definition) is 1. The van der Waals surface area contributed by atoms with Crippen molar-refractivity contribution in [1.82, 2.24) is 9.78 Å². The second-order valence-electron chi connectivity index (χ2n) is 5.96. The molecule has 0 spiro atoms. The molecule has 0 fully saturated rings. The zero-order chi connectivity index (χ0) is 18.0. The Labute approximate surface area is 150 Å². The molecule has 0 atom stereocenters. The lowest BCUT2D eigenvalue weighted by molar-refractivity contribution is -0.114. The van der Waals surface area contributed by atoms with E-state index in [4.69, 9.17) is 17.3 Å². The summed E-state index contributed by atoms with van der Waals surface area (Å²) in [6.45, 7) is 4.77. The predicted octanol–water partition coefficient (Wildman–Crippen LogP) is 2.69.